The molecule has 0 atom stereocenters. The maximum atomic E-state index is 6.66. The van der Waals surface area contributed by atoms with Crippen molar-refractivity contribution >= 4 is 64.6 Å². The van der Waals surface area contributed by atoms with Crippen LogP contribution in [-0.4, -0.2) is 13.2 Å². The zero-order valence-electron chi connectivity index (χ0n) is 35.3. The minimum Gasteiger partial charge on any atom is -0.492 e. The first-order valence-electron chi connectivity index (χ1n) is 22.5. The quantitative estimate of drug-likeness (QED) is 0.0552. The van der Waals surface area contributed by atoms with E-state index in [1.807, 2.05) is 0 Å². The lowest BCUT2D eigenvalue weighted by atomic mass is 9.92. The van der Waals surface area contributed by atoms with E-state index >= 15 is 0 Å². The monoisotopic (exact) mass is 782 g/mol. The molecule has 0 bridgehead atoms. The Morgan fingerprint density at radius 3 is 1.08 bits per heavy atom. The highest BCUT2D eigenvalue weighted by Gasteiger charge is 2.14. The predicted octanol–water partition coefficient (Wildman–Crippen LogP) is 15.8. The minimum atomic E-state index is 0.638. The Balaban J connectivity index is 1.11. The second kappa shape index (κ2) is 18.4. The van der Waals surface area contributed by atoms with Crippen LogP contribution in [0.15, 0.2) is 121 Å². The summed E-state index contributed by atoms with van der Waals surface area (Å²) >= 11 is 0. The second-order valence-electron chi connectivity index (χ2n) is 16.5. The molecule has 9 aromatic rings. The highest BCUT2D eigenvalue weighted by molar-refractivity contribution is 6.25. The van der Waals surface area contributed by atoms with Crippen molar-refractivity contribution < 1.29 is 9.47 Å². The summed E-state index contributed by atoms with van der Waals surface area (Å²) in [6, 6.07) is 43.8. The van der Waals surface area contributed by atoms with E-state index in [1.165, 1.54) is 116 Å². The number of rotatable bonds is 16. The zero-order valence-corrected chi connectivity index (χ0v) is 35.3. The molecule has 0 aliphatic carbocycles. The van der Waals surface area contributed by atoms with Gasteiger partial charge in [-0.15, -0.1) is 0 Å². The van der Waals surface area contributed by atoms with Crippen molar-refractivity contribution in [3.63, 3.8) is 0 Å². The molecule has 9 aromatic carbocycles. The van der Waals surface area contributed by atoms with Gasteiger partial charge in [0.15, 0.2) is 0 Å². The summed E-state index contributed by atoms with van der Waals surface area (Å²) in [7, 11) is 0. The van der Waals surface area contributed by atoms with Crippen LogP contribution in [0.25, 0.3) is 64.6 Å². The van der Waals surface area contributed by atoms with E-state index in [4.69, 9.17) is 9.47 Å². The average Bonchev–Trinajstić information content (AvgIpc) is 3.29. The van der Waals surface area contributed by atoms with Gasteiger partial charge in [0.05, 0.1) is 24.3 Å². The number of benzene rings is 9. The minimum absolute atomic E-state index is 0.638. The highest BCUT2D eigenvalue weighted by atomic mass is 16.5. The first-order chi connectivity index (χ1) is 29.7. The van der Waals surface area contributed by atoms with E-state index < -0.39 is 0 Å². The molecule has 9 rings (SSSR count). The van der Waals surface area contributed by atoms with Crippen molar-refractivity contribution in [1.82, 2.24) is 0 Å². The predicted molar refractivity (Wildman–Crippen MR) is 256 cm³/mol. The Bertz CT molecular complexity index is 2800. The lowest BCUT2D eigenvalue weighted by Crippen LogP contribution is -2.03. The molecule has 0 aliphatic rings. The Morgan fingerprint density at radius 1 is 0.333 bits per heavy atom. The van der Waals surface area contributed by atoms with Crippen molar-refractivity contribution in [2.24, 2.45) is 0 Å². The number of unbranched alkanes of at least 4 members (excludes halogenated alkanes) is 10. The van der Waals surface area contributed by atoms with Crippen LogP contribution in [-0.2, 0) is 0 Å². The lowest BCUT2D eigenvalue weighted by Gasteiger charge is -2.14. The van der Waals surface area contributed by atoms with Gasteiger partial charge >= 0.3 is 0 Å². The summed E-state index contributed by atoms with van der Waals surface area (Å²) in [5.41, 5.74) is 3.68. The Morgan fingerprint density at radius 2 is 0.667 bits per heavy atom. The van der Waals surface area contributed by atoms with Gasteiger partial charge < -0.3 is 9.47 Å². The van der Waals surface area contributed by atoms with Crippen LogP contribution in [0.1, 0.15) is 113 Å². The summed E-state index contributed by atoms with van der Waals surface area (Å²) < 4.78 is 13.3. The van der Waals surface area contributed by atoms with Gasteiger partial charge in [0.2, 0.25) is 0 Å². The van der Waals surface area contributed by atoms with Crippen LogP contribution in [0.3, 0.4) is 0 Å². The molecule has 0 heterocycles. The summed E-state index contributed by atoms with van der Waals surface area (Å²) in [5, 5.41) is 15.0. The van der Waals surface area contributed by atoms with Crippen molar-refractivity contribution in [2.75, 3.05) is 13.2 Å². The molecule has 0 fully saturated rings. The molecular weight excluding hydrogens is 729 g/mol. The van der Waals surface area contributed by atoms with Crippen molar-refractivity contribution in [3.8, 4) is 35.2 Å². The van der Waals surface area contributed by atoms with E-state index in [0.717, 1.165) is 59.4 Å². The van der Waals surface area contributed by atoms with Gasteiger partial charge in [-0.1, -0.05) is 199 Å². The van der Waals surface area contributed by atoms with Crippen LogP contribution < -0.4 is 9.47 Å². The molecule has 0 saturated carbocycles. The zero-order chi connectivity index (χ0) is 40.7. The van der Waals surface area contributed by atoms with Gasteiger partial charge in [-0.05, 0) is 89.6 Å². The molecule has 0 spiro atoms. The summed E-state index contributed by atoms with van der Waals surface area (Å²) in [6.07, 6.45) is 14.4. The third kappa shape index (κ3) is 8.18. The first-order valence-corrected chi connectivity index (χ1v) is 22.5. The molecule has 0 N–H and O–H groups in total. The van der Waals surface area contributed by atoms with Crippen LogP contribution in [0.4, 0.5) is 0 Å². The molecule has 2 heteroatoms. The van der Waals surface area contributed by atoms with E-state index in [-0.39, 0.29) is 0 Å². The van der Waals surface area contributed by atoms with Crippen molar-refractivity contribution in [3.05, 3.63) is 144 Å². The van der Waals surface area contributed by atoms with Crippen LogP contribution in [0.5, 0.6) is 11.5 Å². The van der Waals surface area contributed by atoms with E-state index in [2.05, 4.69) is 159 Å². The molecule has 0 aliphatic heterocycles. The smallest absolute Gasteiger partial charge is 0.136 e. The van der Waals surface area contributed by atoms with E-state index in [1.54, 1.807) is 0 Å². The van der Waals surface area contributed by atoms with E-state index in [0.29, 0.717) is 13.2 Å². The van der Waals surface area contributed by atoms with Crippen LogP contribution in [0, 0.1) is 23.7 Å². The largest absolute Gasteiger partial charge is 0.492 e. The van der Waals surface area contributed by atoms with Crippen LogP contribution >= 0.6 is 0 Å². The molecule has 0 unspecified atom stereocenters. The molecule has 60 heavy (non-hydrogen) atoms. The number of ether oxygens (including phenoxy) is 2. The fraction of sp³-hybridized carbons (Fsp3) is 0.276. The first kappa shape index (κ1) is 39.3. The van der Waals surface area contributed by atoms with Gasteiger partial charge in [0, 0.05) is 23.3 Å². The Hall–Kier alpha value is -6.22. The van der Waals surface area contributed by atoms with Gasteiger partial charge in [-0.25, -0.2) is 0 Å². The third-order valence-corrected chi connectivity index (χ3v) is 12.3. The van der Waals surface area contributed by atoms with Gasteiger partial charge in [0.25, 0.3) is 0 Å². The fourth-order valence-corrected chi connectivity index (χ4v) is 9.08. The Labute approximate surface area is 355 Å². The van der Waals surface area contributed by atoms with Gasteiger partial charge in [-0.3, -0.25) is 0 Å². The SMILES string of the molecule is CCCCCCCCOc1cc(C#Cc2ccc3ccc4cccc5ccc2c3c45)c(OCCCCCCCC)cc1C#Cc1ccc2ccc3cccc4ccc1c2c34. The fourth-order valence-electron chi connectivity index (χ4n) is 9.08. The standard InChI is InChI=1S/C58H54O2/c1-3-5-7-9-11-13-37-59-53-39-50(32-24-42-22-26-48-30-28-44-18-16-20-46-34-36-52(42)58(48)56(44)46)54(60-38-14-12-10-8-6-4-2)40-49(53)31-23-41-21-25-47-29-27-43-17-15-19-45-33-35-51(41)57(47)55(43)45/h15-22,25-30,33-36,39-40H,3-14,37-38H2,1-2H3. The average molecular weight is 783 g/mol. The van der Waals surface area contributed by atoms with Gasteiger partial charge in [0.1, 0.15) is 11.5 Å². The normalized spacial score (nSPS) is 11.5. The topological polar surface area (TPSA) is 18.5 Å². The number of hydrogen-bond acceptors (Lipinski definition) is 2. The molecule has 0 aromatic heterocycles. The van der Waals surface area contributed by atoms with Crippen LogP contribution in [0.2, 0.25) is 0 Å². The Kier molecular flexibility index (Phi) is 12.0. The lowest BCUT2D eigenvalue weighted by molar-refractivity contribution is 0.295. The maximum absolute atomic E-state index is 6.66. The summed E-state index contributed by atoms with van der Waals surface area (Å²) in [4.78, 5) is 0. The molecule has 0 radical (unpaired) electrons. The van der Waals surface area contributed by atoms with Crippen molar-refractivity contribution in [1.29, 1.82) is 0 Å². The maximum Gasteiger partial charge on any atom is 0.136 e. The summed E-state index contributed by atoms with van der Waals surface area (Å²) in [5.74, 6) is 15.9. The molecule has 0 saturated heterocycles. The number of hydrogen-bond donors (Lipinski definition) is 0. The van der Waals surface area contributed by atoms with Crippen molar-refractivity contribution in [2.45, 2.75) is 90.9 Å². The third-order valence-electron chi connectivity index (χ3n) is 12.3. The highest BCUT2D eigenvalue weighted by Crippen LogP contribution is 2.38. The molecule has 2 nitrogen and oxygen atoms in total. The second-order valence-corrected chi connectivity index (χ2v) is 16.5. The summed E-state index contributed by atoms with van der Waals surface area (Å²) in [6.45, 7) is 5.80. The van der Waals surface area contributed by atoms with E-state index in [9.17, 15) is 0 Å². The molecular formula is C58H54O2. The van der Waals surface area contributed by atoms with Gasteiger partial charge in [-0.2, -0.15) is 0 Å². The molecule has 0 amide bonds. The molecule has 298 valence electrons.